The molecule has 1 aliphatic heterocycles. The first-order valence-corrected chi connectivity index (χ1v) is 9.37. The lowest BCUT2D eigenvalue weighted by atomic mass is 9.97. The highest BCUT2D eigenvalue weighted by molar-refractivity contribution is 14.1. The Labute approximate surface area is 160 Å². The number of hydrogen-bond donors (Lipinski definition) is 2. The van der Waals surface area contributed by atoms with Crippen LogP contribution in [0.4, 0.5) is 16.2 Å². The van der Waals surface area contributed by atoms with Gasteiger partial charge in [-0.25, -0.2) is 4.79 Å². The number of nitrogens with zero attached hydrogens (tertiary/aromatic N) is 1. The van der Waals surface area contributed by atoms with Crippen molar-refractivity contribution in [3.05, 3.63) is 58.2 Å². The van der Waals surface area contributed by atoms with Crippen LogP contribution in [0.25, 0.3) is 0 Å². The van der Waals surface area contributed by atoms with E-state index < -0.39 is 0 Å². The van der Waals surface area contributed by atoms with E-state index in [1.165, 1.54) is 0 Å². The largest absolute Gasteiger partial charge is 0.326 e. The van der Waals surface area contributed by atoms with Crippen LogP contribution < -0.4 is 10.6 Å². The quantitative estimate of drug-likeness (QED) is 0.692. The minimum atomic E-state index is -0.187. The summed E-state index contributed by atoms with van der Waals surface area (Å²) < 4.78 is 1.07. The lowest BCUT2D eigenvalue weighted by Gasteiger charge is -2.32. The van der Waals surface area contributed by atoms with Gasteiger partial charge in [0.25, 0.3) is 0 Å². The highest BCUT2D eigenvalue weighted by atomic mass is 127. The first-order chi connectivity index (χ1) is 12.1. The second kappa shape index (κ2) is 8.33. The number of benzene rings is 2. The third-order valence-electron chi connectivity index (χ3n) is 4.20. The summed E-state index contributed by atoms with van der Waals surface area (Å²) in [4.78, 5) is 26.7. The molecule has 1 fully saturated rings. The molecule has 2 N–H and O–H groups in total. The molecular weight excluding hydrogens is 429 g/mol. The first kappa shape index (κ1) is 17.7. The SMILES string of the molecule is O=C(Nc1cccc(I)c1)[C@@H]1CCCN(C(=O)Nc2ccccc2)C1. The van der Waals surface area contributed by atoms with Crippen molar-refractivity contribution in [1.29, 1.82) is 0 Å². The molecular formula is C19H20IN3O2. The number of urea groups is 1. The van der Waals surface area contributed by atoms with Crippen LogP contribution in [0.1, 0.15) is 12.8 Å². The van der Waals surface area contributed by atoms with Crippen LogP contribution in [0.3, 0.4) is 0 Å². The van der Waals surface area contributed by atoms with Gasteiger partial charge in [0.1, 0.15) is 0 Å². The van der Waals surface area contributed by atoms with Gasteiger partial charge >= 0.3 is 6.03 Å². The van der Waals surface area contributed by atoms with E-state index in [1.54, 1.807) is 4.90 Å². The number of rotatable bonds is 3. The van der Waals surface area contributed by atoms with Gasteiger partial charge in [-0.05, 0) is 65.8 Å². The van der Waals surface area contributed by atoms with E-state index in [0.29, 0.717) is 13.1 Å². The van der Waals surface area contributed by atoms with E-state index in [2.05, 4.69) is 33.2 Å². The fourth-order valence-electron chi connectivity index (χ4n) is 2.91. The van der Waals surface area contributed by atoms with Crippen LogP contribution in [0.15, 0.2) is 54.6 Å². The predicted molar refractivity (Wildman–Crippen MR) is 108 cm³/mol. The van der Waals surface area contributed by atoms with Gasteiger partial charge in [-0.15, -0.1) is 0 Å². The van der Waals surface area contributed by atoms with Gasteiger partial charge in [0, 0.05) is 28.0 Å². The van der Waals surface area contributed by atoms with Crippen molar-refractivity contribution in [2.75, 3.05) is 23.7 Å². The van der Waals surface area contributed by atoms with Crippen LogP contribution >= 0.6 is 22.6 Å². The van der Waals surface area contributed by atoms with Gasteiger partial charge < -0.3 is 15.5 Å². The molecule has 3 rings (SSSR count). The van der Waals surface area contributed by atoms with Crippen LogP contribution in [0, 0.1) is 9.49 Å². The molecule has 0 bridgehead atoms. The number of carbonyl (C=O) groups excluding carboxylic acids is 2. The molecule has 0 radical (unpaired) electrons. The van der Waals surface area contributed by atoms with E-state index in [0.717, 1.165) is 27.8 Å². The third kappa shape index (κ3) is 4.94. The number of halogens is 1. The summed E-state index contributed by atoms with van der Waals surface area (Å²) in [7, 11) is 0. The van der Waals surface area contributed by atoms with Crippen molar-refractivity contribution in [2.45, 2.75) is 12.8 Å². The summed E-state index contributed by atoms with van der Waals surface area (Å²) in [6.07, 6.45) is 1.62. The number of amides is 3. The average molecular weight is 449 g/mol. The lowest BCUT2D eigenvalue weighted by molar-refractivity contribution is -0.121. The molecule has 0 aromatic heterocycles. The number of carbonyl (C=O) groups is 2. The molecule has 5 nitrogen and oxygen atoms in total. The molecule has 1 atom stereocenters. The molecule has 0 spiro atoms. The fourth-order valence-corrected chi connectivity index (χ4v) is 3.45. The minimum Gasteiger partial charge on any atom is -0.326 e. The van der Waals surface area contributed by atoms with E-state index >= 15 is 0 Å². The van der Waals surface area contributed by atoms with Gasteiger partial charge in [0.05, 0.1) is 5.92 Å². The molecule has 1 heterocycles. The van der Waals surface area contributed by atoms with Crippen LogP contribution in [-0.2, 0) is 4.79 Å². The maximum Gasteiger partial charge on any atom is 0.321 e. The van der Waals surface area contributed by atoms with E-state index in [-0.39, 0.29) is 17.9 Å². The van der Waals surface area contributed by atoms with Gasteiger partial charge in [-0.2, -0.15) is 0 Å². The van der Waals surface area contributed by atoms with Crippen LogP contribution in [-0.4, -0.2) is 29.9 Å². The molecule has 130 valence electrons. The van der Waals surface area contributed by atoms with E-state index in [9.17, 15) is 9.59 Å². The van der Waals surface area contributed by atoms with Crippen molar-refractivity contribution in [3.63, 3.8) is 0 Å². The topological polar surface area (TPSA) is 61.4 Å². The van der Waals surface area contributed by atoms with Gasteiger partial charge in [-0.1, -0.05) is 24.3 Å². The second-order valence-corrected chi connectivity index (χ2v) is 7.33. The summed E-state index contributed by atoms with van der Waals surface area (Å²) in [6, 6.07) is 16.9. The third-order valence-corrected chi connectivity index (χ3v) is 4.87. The zero-order chi connectivity index (χ0) is 17.6. The predicted octanol–water partition coefficient (Wildman–Crippen LogP) is 4.17. The Bertz CT molecular complexity index is 751. The minimum absolute atomic E-state index is 0.0285. The zero-order valence-electron chi connectivity index (χ0n) is 13.7. The number of hydrogen-bond acceptors (Lipinski definition) is 2. The summed E-state index contributed by atoms with van der Waals surface area (Å²) in [5, 5.41) is 5.84. The standard InChI is InChI=1S/C19H20IN3O2/c20-15-7-4-10-17(12-15)21-18(24)14-6-5-11-23(13-14)19(25)22-16-8-2-1-3-9-16/h1-4,7-10,12,14H,5-6,11,13H2,(H,21,24)(H,22,25)/t14-/m1/s1. The molecule has 1 aliphatic rings. The van der Waals surface area contributed by atoms with Crippen molar-refractivity contribution in [1.82, 2.24) is 4.90 Å². The summed E-state index contributed by atoms with van der Waals surface area (Å²) in [6.45, 7) is 1.11. The molecule has 0 aliphatic carbocycles. The highest BCUT2D eigenvalue weighted by Gasteiger charge is 2.28. The first-order valence-electron chi connectivity index (χ1n) is 8.29. The van der Waals surface area contributed by atoms with Crippen LogP contribution in [0.2, 0.25) is 0 Å². The van der Waals surface area contributed by atoms with Gasteiger partial charge in [0.15, 0.2) is 0 Å². The summed E-state index contributed by atoms with van der Waals surface area (Å²) in [5.41, 5.74) is 1.56. The number of para-hydroxylation sites is 1. The Balaban J connectivity index is 1.58. The van der Waals surface area contributed by atoms with E-state index in [1.807, 2.05) is 54.6 Å². The Morgan fingerprint density at radius 2 is 1.76 bits per heavy atom. The lowest BCUT2D eigenvalue weighted by Crippen LogP contribution is -2.45. The van der Waals surface area contributed by atoms with Crippen molar-refractivity contribution in [3.8, 4) is 0 Å². The molecule has 25 heavy (non-hydrogen) atoms. The Hall–Kier alpha value is -2.09. The number of piperidine rings is 1. The van der Waals surface area contributed by atoms with Crippen molar-refractivity contribution >= 4 is 45.9 Å². The summed E-state index contributed by atoms with van der Waals surface area (Å²) in [5.74, 6) is -0.215. The number of nitrogens with one attached hydrogen (secondary N) is 2. The second-order valence-electron chi connectivity index (χ2n) is 6.08. The number of likely N-dealkylation sites (tertiary alicyclic amines) is 1. The van der Waals surface area contributed by atoms with E-state index in [4.69, 9.17) is 0 Å². The maximum atomic E-state index is 12.5. The molecule has 2 aromatic rings. The highest BCUT2D eigenvalue weighted by Crippen LogP contribution is 2.20. The maximum absolute atomic E-state index is 12.5. The Morgan fingerprint density at radius 3 is 2.52 bits per heavy atom. The number of anilines is 2. The average Bonchev–Trinajstić information content (AvgIpc) is 2.62. The molecule has 6 heteroatoms. The molecule has 1 saturated heterocycles. The van der Waals surface area contributed by atoms with Crippen molar-refractivity contribution in [2.24, 2.45) is 5.92 Å². The Morgan fingerprint density at radius 1 is 1.00 bits per heavy atom. The van der Waals surface area contributed by atoms with Crippen molar-refractivity contribution < 1.29 is 9.59 Å². The fraction of sp³-hybridized carbons (Fsp3) is 0.263. The normalized spacial score (nSPS) is 17.0. The monoisotopic (exact) mass is 449 g/mol. The van der Waals surface area contributed by atoms with Gasteiger partial charge in [-0.3, -0.25) is 4.79 Å². The smallest absolute Gasteiger partial charge is 0.321 e. The zero-order valence-corrected chi connectivity index (χ0v) is 15.9. The van der Waals surface area contributed by atoms with Gasteiger partial charge in [0.2, 0.25) is 5.91 Å². The molecule has 2 aromatic carbocycles. The Kier molecular flexibility index (Phi) is 5.91. The summed E-state index contributed by atoms with van der Waals surface area (Å²) >= 11 is 2.22. The molecule has 3 amide bonds. The molecule has 0 unspecified atom stereocenters. The molecule has 0 saturated carbocycles. The van der Waals surface area contributed by atoms with Crippen LogP contribution in [0.5, 0.6) is 0 Å².